The number of benzene rings is 2. The minimum atomic E-state index is 0.0887. The van der Waals surface area contributed by atoms with Crippen LogP contribution in [0.2, 0.25) is 0 Å². The van der Waals surface area contributed by atoms with Crippen LogP contribution >= 0.6 is 0 Å². The lowest BCUT2D eigenvalue weighted by Gasteiger charge is -2.25. The van der Waals surface area contributed by atoms with Gasteiger partial charge in [0.1, 0.15) is 0 Å². The number of hydrogen-bond donors (Lipinski definition) is 2. The molecule has 4 rings (SSSR count). The molecule has 0 saturated carbocycles. The Morgan fingerprint density at radius 3 is 2.60 bits per heavy atom. The molecule has 1 atom stereocenters. The normalized spacial score (nSPS) is 24.3. The van der Waals surface area contributed by atoms with Gasteiger partial charge in [0, 0.05) is 32.0 Å². The van der Waals surface area contributed by atoms with Crippen LogP contribution in [-0.2, 0) is 12.1 Å². The van der Waals surface area contributed by atoms with Crippen molar-refractivity contribution in [3.63, 3.8) is 0 Å². The number of nitrogens with one attached hydrogen (secondary N) is 2. The molecule has 0 amide bonds. The number of fused-ring (bicyclic) bond motifs is 2. The highest BCUT2D eigenvalue weighted by atomic mass is 15.3. The third kappa shape index (κ3) is 1.82. The van der Waals surface area contributed by atoms with Gasteiger partial charge in [-0.05, 0) is 17.2 Å². The monoisotopic (exact) mass is 265 g/mol. The molecule has 0 aliphatic carbocycles. The van der Waals surface area contributed by atoms with Crippen molar-refractivity contribution in [2.45, 2.75) is 12.1 Å². The van der Waals surface area contributed by atoms with E-state index in [0.29, 0.717) is 0 Å². The van der Waals surface area contributed by atoms with Gasteiger partial charge in [0.2, 0.25) is 0 Å². The Labute approximate surface area is 119 Å². The number of hydrogen-bond acceptors (Lipinski definition) is 3. The van der Waals surface area contributed by atoms with E-state index in [0.717, 1.165) is 26.3 Å². The molecular weight excluding hydrogens is 246 g/mol. The maximum absolute atomic E-state index is 3.65. The fourth-order valence-electron chi connectivity index (χ4n) is 3.47. The van der Waals surface area contributed by atoms with Crippen molar-refractivity contribution in [2.75, 3.05) is 24.7 Å². The van der Waals surface area contributed by atoms with Crippen molar-refractivity contribution in [1.82, 2.24) is 10.6 Å². The number of anilines is 1. The van der Waals surface area contributed by atoms with Crippen molar-refractivity contribution in [1.29, 1.82) is 0 Å². The molecule has 2 aliphatic heterocycles. The molecule has 2 aliphatic rings. The van der Waals surface area contributed by atoms with E-state index in [1.54, 1.807) is 0 Å². The zero-order valence-electron chi connectivity index (χ0n) is 11.5. The Bertz CT molecular complexity index is 603. The summed E-state index contributed by atoms with van der Waals surface area (Å²) in [7, 11) is 0. The van der Waals surface area contributed by atoms with Gasteiger partial charge >= 0.3 is 0 Å². The molecule has 0 aromatic heterocycles. The summed E-state index contributed by atoms with van der Waals surface area (Å²) in [4.78, 5) is 2.49. The summed E-state index contributed by atoms with van der Waals surface area (Å²) in [6.45, 7) is 3.92. The minimum Gasteiger partial charge on any atom is -0.365 e. The SMILES string of the molecule is c1ccc(CN2CC3(CNCN3)c3ccccc32)cc1. The number of nitrogens with zero attached hydrogens (tertiary/aromatic N) is 1. The second kappa shape index (κ2) is 4.62. The van der Waals surface area contributed by atoms with E-state index in [9.17, 15) is 0 Å². The Kier molecular flexibility index (Phi) is 2.76. The van der Waals surface area contributed by atoms with E-state index in [1.165, 1.54) is 16.8 Å². The van der Waals surface area contributed by atoms with Gasteiger partial charge in [0.25, 0.3) is 0 Å². The minimum absolute atomic E-state index is 0.0887. The van der Waals surface area contributed by atoms with E-state index in [-0.39, 0.29) is 5.54 Å². The van der Waals surface area contributed by atoms with Crippen LogP contribution in [0.25, 0.3) is 0 Å². The Hall–Kier alpha value is -1.84. The summed E-state index contributed by atoms with van der Waals surface area (Å²) in [6.07, 6.45) is 0. The van der Waals surface area contributed by atoms with Crippen LogP contribution in [0.4, 0.5) is 5.69 Å². The van der Waals surface area contributed by atoms with E-state index in [2.05, 4.69) is 70.1 Å². The second-order valence-corrected chi connectivity index (χ2v) is 5.72. The molecule has 1 spiro atoms. The summed E-state index contributed by atoms with van der Waals surface area (Å²) in [6, 6.07) is 19.5. The van der Waals surface area contributed by atoms with Gasteiger partial charge < -0.3 is 10.2 Å². The van der Waals surface area contributed by atoms with E-state index in [1.807, 2.05) is 0 Å². The first kappa shape index (κ1) is 11.9. The van der Waals surface area contributed by atoms with Gasteiger partial charge in [-0.25, -0.2) is 0 Å². The van der Waals surface area contributed by atoms with Gasteiger partial charge in [-0.2, -0.15) is 0 Å². The zero-order valence-corrected chi connectivity index (χ0v) is 11.5. The summed E-state index contributed by atoms with van der Waals surface area (Å²) in [5.74, 6) is 0. The van der Waals surface area contributed by atoms with Gasteiger partial charge in [0.05, 0.1) is 5.54 Å². The molecule has 2 aromatic carbocycles. The van der Waals surface area contributed by atoms with Crippen molar-refractivity contribution < 1.29 is 0 Å². The van der Waals surface area contributed by atoms with Crippen molar-refractivity contribution in [3.05, 3.63) is 65.7 Å². The largest absolute Gasteiger partial charge is 0.365 e. The molecule has 1 saturated heterocycles. The third-order valence-corrected chi connectivity index (χ3v) is 4.42. The summed E-state index contributed by atoms with van der Waals surface area (Å²) in [5.41, 5.74) is 4.25. The summed E-state index contributed by atoms with van der Waals surface area (Å²) in [5, 5.41) is 7.09. The molecule has 1 unspecified atom stereocenters. The first-order valence-electron chi connectivity index (χ1n) is 7.22. The van der Waals surface area contributed by atoms with Crippen molar-refractivity contribution >= 4 is 5.69 Å². The number of para-hydroxylation sites is 1. The molecule has 0 radical (unpaired) electrons. The topological polar surface area (TPSA) is 27.3 Å². The molecule has 3 nitrogen and oxygen atoms in total. The highest BCUT2D eigenvalue weighted by Gasteiger charge is 2.44. The summed E-state index contributed by atoms with van der Waals surface area (Å²) >= 11 is 0. The van der Waals surface area contributed by atoms with Gasteiger partial charge in [-0.3, -0.25) is 5.32 Å². The smallest absolute Gasteiger partial charge is 0.0769 e. The van der Waals surface area contributed by atoms with E-state index >= 15 is 0 Å². The lowest BCUT2D eigenvalue weighted by Crippen LogP contribution is -2.43. The molecule has 2 heterocycles. The zero-order chi connectivity index (χ0) is 13.4. The van der Waals surface area contributed by atoms with Crippen molar-refractivity contribution in [3.8, 4) is 0 Å². The molecule has 3 heteroatoms. The molecule has 2 N–H and O–H groups in total. The highest BCUT2D eigenvalue weighted by molar-refractivity contribution is 5.63. The van der Waals surface area contributed by atoms with Crippen LogP contribution in [0.5, 0.6) is 0 Å². The molecule has 1 fully saturated rings. The average Bonchev–Trinajstić information content (AvgIpc) is 3.08. The first-order chi connectivity index (χ1) is 9.87. The van der Waals surface area contributed by atoms with E-state index in [4.69, 9.17) is 0 Å². The van der Waals surface area contributed by atoms with E-state index < -0.39 is 0 Å². The molecule has 2 aromatic rings. The standard InChI is InChI=1S/C17H19N3/c1-2-6-14(7-3-1)10-20-12-17(11-18-13-19-17)15-8-4-5-9-16(15)20/h1-9,18-19H,10-13H2. The molecule has 102 valence electrons. The summed E-state index contributed by atoms with van der Waals surface area (Å²) < 4.78 is 0. The second-order valence-electron chi connectivity index (χ2n) is 5.72. The lowest BCUT2D eigenvalue weighted by molar-refractivity contribution is 0.439. The Morgan fingerprint density at radius 2 is 1.80 bits per heavy atom. The fourth-order valence-corrected chi connectivity index (χ4v) is 3.47. The van der Waals surface area contributed by atoms with Crippen LogP contribution in [0, 0.1) is 0 Å². The van der Waals surface area contributed by atoms with Gasteiger partial charge in [0.15, 0.2) is 0 Å². The van der Waals surface area contributed by atoms with Crippen LogP contribution < -0.4 is 15.5 Å². The Morgan fingerprint density at radius 1 is 1.00 bits per heavy atom. The van der Waals surface area contributed by atoms with Crippen LogP contribution in [-0.4, -0.2) is 19.8 Å². The number of rotatable bonds is 2. The predicted molar refractivity (Wildman–Crippen MR) is 81.6 cm³/mol. The maximum Gasteiger partial charge on any atom is 0.0769 e. The lowest BCUT2D eigenvalue weighted by atomic mass is 9.93. The molecular formula is C17H19N3. The third-order valence-electron chi connectivity index (χ3n) is 4.42. The molecule has 0 bridgehead atoms. The molecule has 20 heavy (non-hydrogen) atoms. The predicted octanol–water partition coefficient (Wildman–Crippen LogP) is 2.05. The first-order valence-corrected chi connectivity index (χ1v) is 7.22. The van der Waals surface area contributed by atoms with Crippen LogP contribution in [0.3, 0.4) is 0 Å². The fraction of sp³-hybridized carbons (Fsp3) is 0.294. The van der Waals surface area contributed by atoms with Crippen LogP contribution in [0.1, 0.15) is 11.1 Å². The van der Waals surface area contributed by atoms with Crippen LogP contribution in [0.15, 0.2) is 54.6 Å². The average molecular weight is 265 g/mol. The highest BCUT2D eigenvalue weighted by Crippen LogP contribution is 2.40. The maximum atomic E-state index is 3.65. The van der Waals surface area contributed by atoms with Gasteiger partial charge in [-0.15, -0.1) is 0 Å². The van der Waals surface area contributed by atoms with Gasteiger partial charge in [-0.1, -0.05) is 48.5 Å². The Balaban J connectivity index is 1.69. The quantitative estimate of drug-likeness (QED) is 0.870. The van der Waals surface area contributed by atoms with Crippen molar-refractivity contribution in [2.24, 2.45) is 0 Å².